The molecule has 0 spiro atoms. The van der Waals surface area contributed by atoms with Crippen LogP contribution in [-0.4, -0.2) is 32.5 Å². The number of hydrogen-bond acceptors (Lipinski definition) is 3. The lowest BCUT2D eigenvalue weighted by Crippen LogP contribution is -2.43. The molecule has 1 saturated carbocycles. The van der Waals surface area contributed by atoms with Gasteiger partial charge in [0, 0.05) is 19.3 Å². The van der Waals surface area contributed by atoms with Gasteiger partial charge in [-0.05, 0) is 38.5 Å². The molecule has 0 saturated heterocycles. The van der Waals surface area contributed by atoms with Crippen molar-refractivity contribution in [1.29, 1.82) is 0 Å². The Balaban J connectivity index is 2.38. The maximum Gasteiger partial charge on any atom is 0.153 e. The minimum absolute atomic E-state index is 0.480. The smallest absolute Gasteiger partial charge is 0.153 e. The first kappa shape index (κ1) is 13.0. The van der Waals surface area contributed by atoms with Crippen LogP contribution in [0.4, 0.5) is 0 Å². The van der Waals surface area contributed by atoms with Crippen molar-refractivity contribution in [3.8, 4) is 0 Å². The van der Waals surface area contributed by atoms with Crippen LogP contribution in [-0.2, 0) is 9.84 Å². The largest absolute Gasteiger partial charge is 0.315 e. The second kappa shape index (κ2) is 4.06. The Hall–Kier alpha value is -0.0900. The second-order valence-electron chi connectivity index (χ2n) is 5.49. The zero-order valence-corrected chi connectivity index (χ0v) is 11.1. The summed E-state index contributed by atoms with van der Waals surface area (Å²) in [6.45, 7) is 7.27. The highest BCUT2D eigenvalue weighted by atomic mass is 32.2. The van der Waals surface area contributed by atoms with E-state index in [1.54, 1.807) is 13.8 Å². The third-order valence-electron chi connectivity index (χ3n) is 3.76. The van der Waals surface area contributed by atoms with E-state index >= 15 is 0 Å². The van der Waals surface area contributed by atoms with E-state index < -0.39 is 14.6 Å². The third kappa shape index (κ3) is 3.18. The first-order chi connectivity index (χ1) is 6.72. The average molecular weight is 233 g/mol. The van der Waals surface area contributed by atoms with E-state index in [0.29, 0.717) is 12.0 Å². The molecular formula is C11H23NO2S. The van der Waals surface area contributed by atoms with Crippen molar-refractivity contribution in [3.05, 3.63) is 0 Å². The van der Waals surface area contributed by atoms with E-state index in [0.717, 1.165) is 6.54 Å². The summed E-state index contributed by atoms with van der Waals surface area (Å²) in [5.74, 6) is 0. The van der Waals surface area contributed by atoms with Crippen molar-refractivity contribution in [2.24, 2.45) is 5.41 Å². The lowest BCUT2D eigenvalue weighted by atomic mass is 10.0. The Morgan fingerprint density at radius 3 is 2.20 bits per heavy atom. The van der Waals surface area contributed by atoms with E-state index in [9.17, 15) is 8.42 Å². The molecule has 15 heavy (non-hydrogen) atoms. The maximum atomic E-state index is 11.5. The Morgan fingerprint density at radius 1 is 1.33 bits per heavy atom. The molecule has 1 aliphatic carbocycles. The van der Waals surface area contributed by atoms with Crippen LogP contribution in [0, 0.1) is 5.41 Å². The van der Waals surface area contributed by atoms with Gasteiger partial charge in [0.2, 0.25) is 0 Å². The maximum absolute atomic E-state index is 11.5. The summed E-state index contributed by atoms with van der Waals surface area (Å²) in [5.41, 5.74) is 0.480. The predicted molar refractivity (Wildman–Crippen MR) is 63.8 cm³/mol. The molecule has 1 aliphatic rings. The lowest BCUT2D eigenvalue weighted by molar-refractivity contribution is 0.425. The third-order valence-corrected chi connectivity index (χ3v) is 5.91. The van der Waals surface area contributed by atoms with Gasteiger partial charge in [-0.15, -0.1) is 0 Å². The van der Waals surface area contributed by atoms with E-state index in [-0.39, 0.29) is 0 Å². The van der Waals surface area contributed by atoms with Crippen molar-refractivity contribution in [3.63, 3.8) is 0 Å². The summed E-state index contributed by atoms with van der Waals surface area (Å²) in [7, 11) is -2.97. The Labute approximate surface area is 93.6 Å². The van der Waals surface area contributed by atoms with Crippen LogP contribution in [0.5, 0.6) is 0 Å². The number of rotatable bonds is 6. The fraction of sp³-hybridized carbons (Fsp3) is 1.00. The van der Waals surface area contributed by atoms with Gasteiger partial charge in [0.25, 0.3) is 0 Å². The molecule has 1 rings (SSSR count). The van der Waals surface area contributed by atoms with Crippen molar-refractivity contribution in [2.75, 3.05) is 19.3 Å². The topological polar surface area (TPSA) is 46.2 Å². The summed E-state index contributed by atoms with van der Waals surface area (Å²) in [4.78, 5) is 0. The highest BCUT2D eigenvalue weighted by molar-refractivity contribution is 7.92. The Morgan fingerprint density at radius 2 is 1.87 bits per heavy atom. The first-order valence-corrected chi connectivity index (χ1v) is 7.52. The van der Waals surface area contributed by atoms with E-state index in [1.165, 1.54) is 25.5 Å². The van der Waals surface area contributed by atoms with Crippen molar-refractivity contribution < 1.29 is 8.42 Å². The SMILES string of the molecule is CCC1(CNCC(C)(C)S(C)(=O)=O)CC1. The van der Waals surface area contributed by atoms with Crippen LogP contribution in [0.1, 0.15) is 40.0 Å². The summed E-state index contributed by atoms with van der Waals surface area (Å²) in [6, 6.07) is 0. The quantitative estimate of drug-likeness (QED) is 0.758. The van der Waals surface area contributed by atoms with Gasteiger partial charge in [-0.3, -0.25) is 0 Å². The average Bonchev–Trinajstić information content (AvgIpc) is 2.83. The minimum atomic E-state index is -2.97. The molecule has 0 atom stereocenters. The lowest BCUT2D eigenvalue weighted by Gasteiger charge is -2.24. The molecule has 0 amide bonds. The molecule has 90 valence electrons. The van der Waals surface area contributed by atoms with Crippen LogP contribution in [0.2, 0.25) is 0 Å². The predicted octanol–water partition coefficient (Wildman–Crippen LogP) is 1.59. The molecule has 1 N–H and O–H groups in total. The fourth-order valence-electron chi connectivity index (χ4n) is 1.59. The van der Waals surface area contributed by atoms with Gasteiger partial charge in [0.1, 0.15) is 0 Å². The van der Waals surface area contributed by atoms with Crippen molar-refractivity contribution in [1.82, 2.24) is 5.32 Å². The zero-order chi connectivity index (χ0) is 11.7. The molecule has 3 nitrogen and oxygen atoms in total. The standard InChI is InChI=1S/C11H23NO2S/c1-5-11(6-7-11)9-12-8-10(2,3)15(4,13)14/h12H,5-9H2,1-4H3. The minimum Gasteiger partial charge on any atom is -0.315 e. The van der Waals surface area contributed by atoms with Crippen molar-refractivity contribution in [2.45, 2.75) is 44.8 Å². The van der Waals surface area contributed by atoms with Crippen LogP contribution in [0.15, 0.2) is 0 Å². The van der Waals surface area contributed by atoms with E-state index in [4.69, 9.17) is 0 Å². The van der Waals surface area contributed by atoms with Gasteiger partial charge in [0.05, 0.1) is 4.75 Å². The van der Waals surface area contributed by atoms with Gasteiger partial charge >= 0.3 is 0 Å². The normalized spacial score (nSPS) is 20.3. The molecule has 0 bridgehead atoms. The molecule has 0 aliphatic heterocycles. The molecule has 0 heterocycles. The Kier molecular flexibility index (Phi) is 3.51. The van der Waals surface area contributed by atoms with Crippen LogP contribution in [0.25, 0.3) is 0 Å². The van der Waals surface area contributed by atoms with Gasteiger partial charge in [-0.2, -0.15) is 0 Å². The number of nitrogens with one attached hydrogen (secondary N) is 1. The van der Waals surface area contributed by atoms with Crippen LogP contribution >= 0.6 is 0 Å². The van der Waals surface area contributed by atoms with Gasteiger partial charge in [-0.25, -0.2) is 8.42 Å². The highest BCUT2D eigenvalue weighted by Crippen LogP contribution is 2.47. The second-order valence-corrected chi connectivity index (χ2v) is 8.14. The first-order valence-electron chi connectivity index (χ1n) is 5.63. The molecule has 1 fully saturated rings. The van der Waals surface area contributed by atoms with Gasteiger partial charge in [0.15, 0.2) is 9.84 Å². The Bertz CT molecular complexity index is 315. The molecule has 0 unspecified atom stereocenters. The summed E-state index contributed by atoms with van der Waals surface area (Å²) in [5, 5.41) is 3.31. The number of hydrogen-bond donors (Lipinski definition) is 1. The molecular weight excluding hydrogens is 210 g/mol. The van der Waals surface area contributed by atoms with Crippen molar-refractivity contribution >= 4 is 9.84 Å². The zero-order valence-electron chi connectivity index (χ0n) is 10.3. The monoisotopic (exact) mass is 233 g/mol. The highest BCUT2D eigenvalue weighted by Gasteiger charge is 2.40. The van der Waals surface area contributed by atoms with Crippen LogP contribution in [0.3, 0.4) is 0 Å². The van der Waals surface area contributed by atoms with E-state index in [1.807, 2.05) is 0 Å². The van der Waals surface area contributed by atoms with E-state index in [2.05, 4.69) is 12.2 Å². The molecule has 0 aromatic rings. The summed E-state index contributed by atoms with van der Waals surface area (Å²) >= 11 is 0. The van der Waals surface area contributed by atoms with Crippen LogP contribution < -0.4 is 5.32 Å². The molecule has 0 radical (unpaired) electrons. The molecule has 4 heteroatoms. The summed E-state index contributed by atoms with van der Waals surface area (Å²) < 4.78 is 22.3. The fourth-order valence-corrected chi connectivity index (χ4v) is 1.96. The molecule has 0 aromatic heterocycles. The van der Waals surface area contributed by atoms with Gasteiger partial charge in [-0.1, -0.05) is 6.92 Å². The van der Waals surface area contributed by atoms with Gasteiger partial charge < -0.3 is 5.32 Å². The molecule has 0 aromatic carbocycles. The number of sulfone groups is 1. The summed E-state index contributed by atoms with van der Waals surface area (Å²) in [6.07, 6.45) is 5.08.